The van der Waals surface area contributed by atoms with Gasteiger partial charge in [0.1, 0.15) is 5.75 Å². The third kappa shape index (κ3) is 6.99. The SMILES string of the molecule is O=C(CC(CN1CCN(CCN2CCCC2)CC1)C(=O)O)Nc1cccc(O)c1. The smallest absolute Gasteiger partial charge is 0.308 e. The molecular weight excluding hydrogens is 372 g/mol. The van der Waals surface area contributed by atoms with Crippen molar-refractivity contribution in [1.82, 2.24) is 14.7 Å². The van der Waals surface area contributed by atoms with Crippen LogP contribution in [0.3, 0.4) is 0 Å². The van der Waals surface area contributed by atoms with Gasteiger partial charge in [-0.3, -0.25) is 19.4 Å². The second-order valence-corrected chi connectivity index (χ2v) is 8.03. The zero-order chi connectivity index (χ0) is 20.6. The van der Waals surface area contributed by atoms with Crippen LogP contribution in [-0.2, 0) is 9.59 Å². The molecule has 2 fully saturated rings. The Balaban J connectivity index is 1.41. The van der Waals surface area contributed by atoms with Gasteiger partial charge < -0.3 is 20.4 Å². The summed E-state index contributed by atoms with van der Waals surface area (Å²) in [5.41, 5.74) is 0.464. The summed E-state index contributed by atoms with van der Waals surface area (Å²) in [6.45, 7) is 8.54. The van der Waals surface area contributed by atoms with Crippen molar-refractivity contribution >= 4 is 17.6 Å². The fourth-order valence-electron chi connectivity index (χ4n) is 4.05. The lowest BCUT2D eigenvalue weighted by Gasteiger charge is -2.36. The van der Waals surface area contributed by atoms with E-state index in [4.69, 9.17) is 0 Å². The summed E-state index contributed by atoms with van der Waals surface area (Å²) in [5.74, 6) is -2.00. The van der Waals surface area contributed by atoms with Gasteiger partial charge in [-0.1, -0.05) is 6.07 Å². The van der Waals surface area contributed by atoms with Gasteiger partial charge in [-0.25, -0.2) is 0 Å². The van der Waals surface area contributed by atoms with Crippen LogP contribution in [0.5, 0.6) is 5.75 Å². The highest BCUT2D eigenvalue weighted by molar-refractivity contribution is 5.93. The zero-order valence-corrected chi connectivity index (χ0v) is 16.9. The Labute approximate surface area is 172 Å². The van der Waals surface area contributed by atoms with E-state index in [-0.39, 0.29) is 18.1 Å². The number of carbonyl (C=O) groups is 2. The predicted octanol–water partition coefficient (Wildman–Crippen LogP) is 1.14. The van der Waals surface area contributed by atoms with Gasteiger partial charge in [0.15, 0.2) is 0 Å². The first-order valence-electron chi connectivity index (χ1n) is 10.5. The minimum atomic E-state index is -0.951. The third-order valence-corrected chi connectivity index (χ3v) is 5.79. The molecule has 1 atom stereocenters. The molecule has 2 heterocycles. The number of anilines is 1. The molecule has 160 valence electrons. The van der Waals surface area contributed by atoms with Gasteiger partial charge in [0.05, 0.1) is 5.92 Å². The van der Waals surface area contributed by atoms with Crippen molar-refractivity contribution in [2.75, 3.05) is 64.2 Å². The molecule has 1 amide bonds. The van der Waals surface area contributed by atoms with Crippen LogP contribution >= 0.6 is 0 Å². The molecule has 1 aromatic carbocycles. The van der Waals surface area contributed by atoms with Gasteiger partial charge in [0.25, 0.3) is 0 Å². The van der Waals surface area contributed by atoms with Crippen LogP contribution in [0.25, 0.3) is 0 Å². The monoisotopic (exact) mass is 404 g/mol. The molecule has 29 heavy (non-hydrogen) atoms. The number of carboxylic acid groups (broad SMARTS) is 1. The minimum Gasteiger partial charge on any atom is -0.508 e. The van der Waals surface area contributed by atoms with Gasteiger partial charge in [-0.15, -0.1) is 0 Å². The number of nitrogens with one attached hydrogen (secondary N) is 1. The molecule has 1 aromatic rings. The van der Waals surface area contributed by atoms with E-state index in [2.05, 4.69) is 20.0 Å². The Bertz CT molecular complexity index is 685. The second kappa shape index (κ2) is 10.6. The number of carboxylic acids is 1. The normalized spacial score (nSPS) is 19.9. The number of amides is 1. The topological polar surface area (TPSA) is 96.4 Å². The predicted molar refractivity (Wildman–Crippen MR) is 111 cm³/mol. The summed E-state index contributed by atoms with van der Waals surface area (Å²) in [6, 6.07) is 6.24. The van der Waals surface area contributed by atoms with Crippen LogP contribution in [0.4, 0.5) is 5.69 Å². The van der Waals surface area contributed by atoms with E-state index in [1.165, 1.54) is 38.1 Å². The molecule has 2 aliphatic heterocycles. The number of hydrogen-bond acceptors (Lipinski definition) is 6. The van der Waals surface area contributed by atoms with E-state index in [0.29, 0.717) is 12.2 Å². The molecule has 0 aromatic heterocycles. The summed E-state index contributed by atoms with van der Waals surface area (Å²) in [7, 11) is 0. The number of benzene rings is 1. The molecule has 2 aliphatic rings. The number of phenolic OH excluding ortho intramolecular Hbond substituents is 1. The van der Waals surface area contributed by atoms with E-state index in [1.807, 2.05) is 0 Å². The molecule has 0 saturated carbocycles. The average molecular weight is 405 g/mol. The number of aromatic hydroxyl groups is 1. The number of carbonyl (C=O) groups excluding carboxylic acids is 1. The number of rotatable bonds is 9. The molecular formula is C21H32N4O4. The third-order valence-electron chi connectivity index (χ3n) is 5.79. The van der Waals surface area contributed by atoms with Gasteiger partial charge in [0.2, 0.25) is 5.91 Å². The number of aliphatic carboxylic acids is 1. The van der Waals surface area contributed by atoms with Crippen molar-refractivity contribution in [3.8, 4) is 5.75 Å². The molecule has 1 unspecified atom stereocenters. The van der Waals surface area contributed by atoms with Crippen molar-refractivity contribution in [2.45, 2.75) is 19.3 Å². The van der Waals surface area contributed by atoms with Crippen LogP contribution in [0.2, 0.25) is 0 Å². The molecule has 0 spiro atoms. The molecule has 8 nitrogen and oxygen atoms in total. The van der Waals surface area contributed by atoms with E-state index in [9.17, 15) is 19.8 Å². The number of nitrogens with zero attached hydrogens (tertiary/aromatic N) is 3. The number of phenols is 1. The Morgan fingerprint density at radius 1 is 0.966 bits per heavy atom. The molecule has 3 rings (SSSR count). The highest BCUT2D eigenvalue weighted by Gasteiger charge is 2.26. The first-order valence-corrected chi connectivity index (χ1v) is 10.5. The van der Waals surface area contributed by atoms with Gasteiger partial charge in [0, 0.05) is 64.0 Å². The van der Waals surface area contributed by atoms with Crippen LogP contribution in [0.1, 0.15) is 19.3 Å². The van der Waals surface area contributed by atoms with Crippen LogP contribution in [-0.4, -0.2) is 95.7 Å². The molecule has 3 N–H and O–H groups in total. The number of hydrogen-bond donors (Lipinski definition) is 3. The highest BCUT2D eigenvalue weighted by atomic mass is 16.4. The molecule has 0 bridgehead atoms. The lowest BCUT2D eigenvalue weighted by Crippen LogP contribution is -2.50. The molecule has 0 radical (unpaired) electrons. The van der Waals surface area contributed by atoms with E-state index >= 15 is 0 Å². The second-order valence-electron chi connectivity index (χ2n) is 8.03. The summed E-state index contributed by atoms with van der Waals surface area (Å²) >= 11 is 0. The summed E-state index contributed by atoms with van der Waals surface area (Å²) in [6.07, 6.45) is 2.53. The van der Waals surface area contributed by atoms with Gasteiger partial charge in [-0.2, -0.15) is 0 Å². The number of piperazine rings is 1. The first-order chi connectivity index (χ1) is 14.0. The van der Waals surface area contributed by atoms with Crippen molar-refractivity contribution in [2.24, 2.45) is 5.92 Å². The highest BCUT2D eigenvalue weighted by Crippen LogP contribution is 2.17. The van der Waals surface area contributed by atoms with Gasteiger partial charge >= 0.3 is 5.97 Å². The standard InChI is InChI=1S/C21H32N4O4/c26-19-5-3-4-18(15-19)22-20(27)14-17(21(28)29)16-25-12-10-24(11-13-25)9-8-23-6-1-2-7-23/h3-5,15,17,26H,1-2,6-14,16H2,(H,22,27)(H,28,29). The average Bonchev–Trinajstić information content (AvgIpc) is 3.20. The van der Waals surface area contributed by atoms with Crippen molar-refractivity contribution in [3.63, 3.8) is 0 Å². The summed E-state index contributed by atoms with van der Waals surface area (Å²) < 4.78 is 0. The van der Waals surface area contributed by atoms with Crippen molar-refractivity contribution in [3.05, 3.63) is 24.3 Å². The zero-order valence-electron chi connectivity index (χ0n) is 16.9. The van der Waals surface area contributed by atoms with E-state index in [1.54, 1.807) is 12.1 Å². The Morgan fingerprint density at radius 3 is 2.21 bits per heavy atom. The van der Waals surface area contributed by atoms with Gasteiger partial charge in [-0.05, 0) is 38.1 Å². The fourth-order valence-corrected chi connectivity index (χ4v) is 4.05. The lowest BCUT2D eigenvalue weighted by atomic mass is 10.0. The fraction of sp³-hybridized carbons (Fsp3) is 0.619. The van der Waals surface area contributed by atoms with Crippen LogP contribution in [0.15, 0.2) is 24.3 Å². The largest absolute Gasteiger partial charge is 0.508 e. The molecule has 8 heteroatoms. The van der Waals surface area contributed by atoms with Crippen LogP contribution in [0, 0.1) is 5.92 Å². The maximum atomic E-state index is 12.3. The van der Waals surface area contributed by atoms with E-state index in [0.717, 1.165) is 39.3 Å². The van der Waals surface area contributed by atoms with E-state index < -0.39 is 11.9 Å². The lowest BCUT2D eigenvalue weighted by molar-refractivity contribution is -0.144. The molecule has 2 saturated heterocycles. The molecule has 0 aliphatic carbocycles. The van der Waals surface area contributed by atoms with Crippen molar-refractivity contribution < 1.29 is 19.8 Å². The summed E-state index contributed by atoms with van der Waals surface area (Å²) in [4.78, 5) is 31.0. The Morgan fingerprint density at radius 2 is 1.59 bits per heavy atom. The minimum absolute atomic E-state index is 0.0557. The Kier molecular flexibility index (Phi) is 7.85. The first kappa shape index (κ1) is 21.5. The maximum absolute atomic E-state index is 12.3. The quantitative estimate of drug-likeness (QED) is 0.568. The summed E-state index contributed by atoms with van der Waals surface area (Å²) in [5, 5.41) is 21.7. The van der Waals surface area contributed by atoms with Crippen LogP contribution < -0.4 is 5.32 Å². The maximum Gasteiger partial charge on any atom is 0.308 e. The number of likely N-dealkylation sites (tertiary alicyclic amines) is 1. The van der Waals surface area contributed by atoms with Crippen molar-refractivity contribution in [1.29, 1.82) is 0 Å². The Hall–Kier alpha value is -2.16.